The van der Waals surface area contributed by atoms with E-state index in [0.717, 1.165) is 45.6 Å². The maximum atomic E-state index is 12.7. The van der Waals surface area contributed by atoms with Crippen LogP contribution in [0.2, 0.25) is 0 Å². The molecule has 110 valence electrons. The number of hydrogen-bond acceptors (Lipinski definition) is 3. The summed E-state index contributed by atoms with van der Waals surface area (Å²) < 4.78 is 0. The van der Waals surface area contributed by atoms with Gasteiger partial charge in [-0.25, -0.2) is 0 Å². The van der Waals surface area contributed by atoms with Gasteiger partial charge in [0.05, 0.1) is 0 Å². The molecule has 1 aliphatic carbocycles. The quantitative estimate of drug-likeness (QED) is 0.785. The molecule has 4 nitrogen and oxygen atoms in total. The van der Waals surface area contributed by atoms with Gasteiger partial charge in [0.15, 0.2) is 0 Å². The van der Waals surface area contributed by atoms with Crippen molar-refractivity contribution in [3.05, 3.63) is 0 Å². The highest BCUT2D eigenvalue weighted by atomic mass is 16.2. The van der Waals surface area contributed by atoms with Gasteiger partial charge in [-0.05, 0) is 58.3 Å². The Bertz CT molecular complexity index is 311. The lowest BCUT2D eigenvalue weighted by molar-refractivity contribution is -0.133. The van der Waals surface area contributed by atoms with Crippen LogP contribution in [0.1, 0.15) is 32.6 Å². The van der Waals surface area contributed by atoms with Gasteiger partial charge in [-0.1, -0.05) is 6.92 Å². The largest absolute Gasteiger partial charge is 0.341 e. The summed E-state index contributed by atoms with van der Waals surface area (Å²) in [5.41, 5.74) is 0.368. The molecule has 0 bridgehead atoms. The second-order valence-corrected chi connectivity index (χ2v) is 6.50. The van der Waals surface area contributed by atoms with Crippen molar-refractivity contribution in [3.8, 4) is 0 Å². The number of amides is 1. The molecule has 1 amide bonds. The summed E-state index contributed by atoms with van der Waals surface area (Å²) in [7, 11) is 4.14. The summed E-state index contributed by atoms with van der Waals surface area (Å²) >= 11 is 0. The fraction of sp³-hybridized carbons (Fsp3) is 0.933. The molecule has 2 fully saturated rings. The normalized spacial score (nSPS) is 24.7. The van der Waals surface area contributed by atoms with Crippen LogP contribution < -0.4 is 5.32 Å². The molecular formula is C15H29N3O. The van der Waals surface area contributed by atoms with Gasteiger partial charge in [0.25, 0.3) is 0 Å². The van der Waals surface area contributed by atoms with Gasteiger partial charge >= 0.3 is 0 Å². The molecule has 1 N–H and O–H groups in total. The van der Waals surface area contributed by atoms with Crippen molar-refractivity contribution < 1.29 is 4.79 Å². The summed E-state index contributed by atoms with van der Waals surface area (Å²) in [5, 5.41) is 3.40. The molecule has 0 aromatic carbocycles. The van der Waals surface area contributed by atoms with Gasteiger partial charge < -0.3 is 15.1 Å². The molecule has 1 aliphatic heterocycles. The van der Waals surface area contributed by atoms with Crippen molar-refractivity contribution in [3.63, 3.8) is 0 Å². The van der Waals surface area contributed by atoms with Gasteiger partial charge in [-0.2, -0.15) is 0 Å². The monoisotopic (exact) mass is 267 g/mol. The standard InChI is InChI=1S/C15H29N3O/c1-4-9-18(11-10-17(2)3)14(19)13-12-15(13)5-7-16-8-6-15/h13,16H,4-12H2,1-3H3. The highest BCUT2D eigenvalue weighted by Crippen LogP contribution is 2.59. The predicted molar refractivity (Wildman–Crippen MR) is 78.1 cm³/mol. The molecule has 0 radical (unpaired) electrons. The molecule has 2 rings (SSSR count). The molecular weight excluding hydrogens is 238 g/mol. The lowest BCUT2D eigenvalue weighted by atomic mass is 9.91. The first kappa shape index (κ1) is 14.8. The second kappa shape index (κ2) is 6.23. The second-order valence-electron chi connectivity index (χ2n) is 6.50. The first-order valence-corrected chi connectivity index (χ1v) is 7.73. The Morgan fingerprint density at radius 1 is 1.21 bits per heavy atom. The first-order chi connectivity index (χ1) is 9.09. The molecule has 19 heavy (non-hydrogen) atoms. The van der Waals surface area contributed by atoms with E-state index in [-0.39, 0.29) is 0 Å². The summed E-state index contributed by atoms with van der Waals surface area (Å²) in [4.78, 5) is 16.9. The molecule has 1 saturated carbocycles. The summed E-state index contributed by atoms with van der Waals surface area (Å²) in [6, 6.07) is 0. The van der Waals surface area contributed by atoms with Crippen LogP contribution in [0.3, 0.4) is 0 Å². The third kappa shape index (κ3) is 3.48. The van der Waals surface area contributed by atoms with E-state index < -0.39 is 0 Å². The van der Waals surface area contributed by atoms with Gasteiger partial charge in [0.2, 0.25) is 5.91 Å². The Morgan fingerprint density at radius 2 is 1.89 bits per heavy atom. The fourth-order valence-electron chi connectivity index (χ4n) is 3.32. The minimum Gasteiger partial charge on any atom is -0.341 e. The van der Waals surface area contributed by atoms with Crippen LogP contribution >= 0.6 is 0 Å². The van der Waals surface area contributed by atoms with Gasteiger partial charge in [-0.15, -0.1) is 0 Å². The van der Waals surface area contributed by atoms with Crippen LogP contribution in [-0.4, -0.2) is 62.5 Å². The number of piperidine rings is 1. The van der Waals surface area contributed by atoms with Crippen molar-refractivity contribution in [1.82, 2.24) is 15.1 Å². The number of hydrogen-bond donors (Lipinski definition) is 1. The van der Waals surface area contributed by atoms with Crippen molar-refractivity contribution in [1.29, 1.82) is 0 Å². The van der Waals surface area contributed by atoms with Crippen LogP contribution in [0.25, 0.3) is 0 Å². The molecule has 1 atom stereocenters. The third-order valence-electron chi connectivity index (χ3n) is 4.71. The van der Waals surface area contributed by atoms with E-state index in [0.29, 0.717) is 17.2 Å². The van der Waals surface area contributed by atoms with Gasteiger partial charge in [0.1, 0.15) is 0 Å². The summed E-state index contributed by atoms with van der Waals surface area (Å²) in [6.45, 7) is 7.10. The fourth-order valence-corrected chi connectivity index (χ4v) is 3.32. The molecule has 1 spiro atoms. The van der Waals surface area contributed by atoms with E-state index >= 15 is 0 Å². The van der Waals surface area contributed by atoms with E-state index in [1.54, 1.807) is 0 Å². The molecule has 2 aliphatic rings. The number of likely N-dealkylation sites (N-methyl/N-ethyl adjacent to an activating group) is 1. The third-order valence-corrected chi connectivity index (χ3v) is 4.71. The van der Waals surface area contributed by atoms with Crippen molar-refractivity contribution in [2.75, 3.05) is 46.8 Å². The number of nitrogens with one attached hydrogen (secondary N) is 1. The zero-order valence-corrected chi connectivity index (χ0v) is 12.7. The topological polar surface area (TPSA) is 35.6 Å². The summed E-state index contributed by atoms with van der Waals surface area (Å²) in [5.74, 6) is 0.744. The minimum absolute atomic E-state index is 0.323. The van der Waals surface area contributed by atoms with E-state index in [1.807, 2.05) is 0 Å². The Labute approximate surface area is 117 Å². The Balaban J connectivity index is 1.89. The molecule has 0 aromatic heterocycles. The Morgan fingerprint density at radius 3 is 2.47 bits per heavy atom. The average molecular weight is 267 g/mol. The smallest absolute Gasteiger partial charge is 0.226 e. The van der Waals surface area contributed by atoms with E-state index in [4.69, 9.17) is 0 Å². The van der Waals surface area contributed by atoms with Crippen molar-refractivity contribution >= 4 is 5.91 Å². The van der Waals surface area contributed by atoms with Crippen molar-refractivity contribution in [2.24, 2.45) is 11.3 Å². The maximum absolute atomic E-state index is 12.7. The van der Waals surface area contributed by atoms with Crippen LogP contribution in [0.4, 0.5) is 0 Å². The van der Waals surface area contributed by atoms with E-state index in [1.165, 1.54) is 12.8 Å². The lowest BCUT2D eigenvalue weighted by Gasteiger charge is -2.27. The number of nitrogens with zero attached hydrogens (tertiary/aromatic N) is 2. The Kier molecular flexibility index (Phi) is 4.85. The molecule has 1 unspecified atom stereocenters. The zero-order chi connectivity index (χ0) is 13.9. The highest BCUT2D eigenvalue weighted by Gasteiger charge is 2.58. The minimum atomic E-state index is 0.323. The predicted octanol–water partition coefficient (Wildman–Crippen LogP) is 1.18. The molecule has 1 heterocycles. The molecule has 1 saturated heterocycles. The number of carbonyl (C=O) groups is 1. The average Bonchev–Trinajstić information content (AvgIpc) is 3.08. The van der Waals surface area contributed by atoms with Crippen LogP contribution in [-0.2, 0) is 4.79 Å². The van der Waals surface area contributed by atoms with E-state index in [9.17, 15) is 4.79 Å². The first-order valence-electron chi connectivity index (χ1n) is 7.73. The van der Waals surface area contributed by atoms with Crippen LogP contribution in [0.15, 0.2) is 0 Å². The SMILES string of the molecule is CCCN(CCN(C)C)C(=O)C1CC12CCNCC2. The zero-order valence-electron chi connectivity index (χ0n) is 12.7. The molecule has 0 aromatic rings. The Hall–Kier alpha value is -0.610. The van der Waals surface area contributed by atoms with Crippen LogP contribution in [0.5, 0.6) is 0 Å². The van der Waals surface area contributed by atoms with Crippen LogP contribution in [0, 0.1) is 11.3 Å². The number of rotatable bonds is 6. The van der Waals surface area contributed by atoms with Gasteiger partial charge in [-0.3, -0.25) is 4.79 Å². The van der Waals surface area contributed by atoms with Crippen molar-refractivity contribution in [2.45, 2.75) is 32.6 Å². The van der Waals surface area contributed by atoms with E-state index in [2.05, 4.69) is 36.1 Å². The summed E-state index contributed by atoms with van der Waals surface area (Å²) in [6.07, 6.45) is 4.57. The lowest BCUT2D eigenvalue weighted by Crippen LogP contribution is -2.40. The molecule has 4 heteroatoms. The maximum Gasteiger partial charge on any atom is 0.226 e. The highest BCUT2D eigenvalue weighted by molar-refractivity contribution is 5.82. The van der Waals surface area contributed by atoms with Gasteiger partial charge in [0, 0.05) is 25.6 Å². The number of carbonyl (C=O) groups excluding carboxylic acids is 1.